The predicted molar refractivity (Wildman–Crippen MR) is 69.2 cm³/mol. The minimum Gasteiger partial charge on any atom is -0.326 e. The molecule has 0 aliphatic heterocycles. The summed E-state index contributed by atoms with van der Waals surface area (Å²) in [5, 5.41) is 8.73. The number of hydrogen-bond acceptors (Lipinski definition) is 4. The number of nitrogens with two attached hydrogens (primary N) is 1. The van der Waals surface area contributed by atoms with E-state index in [0.29, 0.717) is 5.56 Å². The monoisotopic (exact) mass is 267 g/mol. The molecule has 0 aromatic heterocycles. The Labute approximate surface area is 108 Å². The highest BCUT2D eigenvalue weighted by Crippen LogP contribution is 2.11. The van der Waals surface area contributed by atoms with Crippen LogP contribution in [0.5, 0.6) is 0 Å². The van der Waals surface area contributed by atoms with Crippen molar-refractivity contribution >= 4 is 10.0 Å². The highest BCUT2D eigenvalue weighted by molar-refractivity contribution is 7.89. The summed E-state index contributed by atoms with van der Waals surface area (Å²) in [5.74, 6) is 0.193. The number of hydrogen-bond donors (Lipinski definition) is 2. The quantitative estimate of drug-likeness (QED) is 0.825. The Morgan fingerprint density at radius 1 is 1.44 bits per heavy atom. The van der Waals surface area contributed by atoms with Crippen LogP contribution in [0, 0.1) is 17.2 Å². The zero-order valence-corrected chi connectivity index (χ0v) is 11.2. The lowest BCUT2D eigenvalue weighted by Gasteiger charge is -2.16. The van der Waals surface area contributed by atoms with Gasteiger partial charge in [-0.25, -0.2) is 13.1 Å². The molecule has 1 unspecified atom stereocenters. The molecule has 3 N–H and O–H groups in total. The lowest BCUT2D eigenvalue weighted by molar-refractivity contribution is 0.481. The van der Waals surface area contributed by atoms with Crippen LogP contribution in [0.2, 0.25) is 0 Å². The minimum atomic E-state index is -3.60. The molecule has 1 atom stereocenters. The SMILES string of the molecule is CC(C)C(N)CNS(=O)(=O)c1cccc(C#N)c1. The van der Waals surface area contributed by atoms with Crippen LogP contribution in [-0.2, 0) is 10.0 Å². The third-order valence-electron chi connectivity index (χ3n) is 2.64. The van der Waals surface area contributed by atoms with Gasteiger partial charge in [0, 0.05) is 12.6 Å². The van der Waals surface area contributed by atoms with Gasteiger partial charge in [0.25, 0.3) is 0 Å². The molecule has 98 valence electrons. The number of rotatable bonds is 5. The Morgan fingerprint density at radius 3 is 2.67 bits per heavy atom. The van der Waals surface area contributed by atoms with E-state index in [-0.39, 0.29) is 23.4 Å². The van der Waals surface area contributed by atoms with E-state index in [1.807, 2.05) is 19.9 Å². The number of benzene rings is 1. The second-order valence-corrected chi connectivity index (χ2v) is 6.17. The van der Waals surface area contributed by atoms with E-state index in [0.717, 1.165) is 0 Å². The van der Waals surface area contributed by atoms with Gasteiger partial charge in [0.2, 0.25) is 10.0 Å². The highest BCUT2D eigenvalue weighted by Gasteiger charge is 2.16. The van der Waals surface area contributed by atoms with E-state index in [1.54, 1.807) is 6.07 Å². The van der Waals surface area contributed by atoms with E-state index in [2.05, 4.69) is 4.72 Å². The van der Waals surface area contributed by atoms with E-state index in [9.17, 15) is 8.42 Å². The van der Waals surface area contributed by atoms with Crippen molar-refractivity contribution in [3.8, 4) is 6.07 Å². The molecule has 1 aromatic carbocycles. The van der Waals surface area contributed by atoms with Crippen molar-refractivity contribution in [3.63, 3.8) is 0 Å². The summed E-state index contributed by atoms with van der Waals surface area (Å²) < 4.78 is 26.3. The van der Waals surface area contributed by atoms with Gasteiger partial charge < -0.3 is 5.73 Å². The van der Waals surface area contributed by atoms with Crippen molar-refractivity contribution < 1.29 is 8.42 Å². The van der Waals surface area contributed by atoms with Crippen LogP contribution < -0.4 is 10.5 Å². The molecule has 6 heteroatoms. The van der Waals surface area contributed by atoms with E-state index in [4.69, 9.17) is 11.0 Å². The van der Waals surface area contributed by atoms with Crippen molar-refractivity contribution in [2.24, 2.45) is 11.7 Å². The van der Waals surface area contributed by atoms with Crippen molar-refractivity contribution in [3.05, 3.63) is 29.8 Å². The first-order valence-corrected chi connectivity index (χ1v) is 7.10. The van der Waals surface area contributed by atoms with Gasteiger partial charge in [-0.2, -0.15) is 5.26 Å². The first-order valence-electron chi connectivity index (χ1n) is 5.62. The second kappa shape index (κ2) is 5.96. The molecule has 1 rings (SSSR count). The van der Waals surface area contributed by atoms with Crippen molar-refractivity contribution in [2.75, 3.05) is 6.54 Å². The molecule has 1 aromatic rings. The second-order valence-electron chi connectivity index (χ2n) is 4.40. The fourth-order valence-corrected chi connectivity index (χ4v) is 2.38. The van der Waals surface area contributed by atoms with Crippen LogP contribution in [0.15, 0.2) is 29.2 Å². The number of nitriles is 1. The van der Waals surface area contributed by atoms with Gasteiger partial charge in [0.15, 0.2) is 0 Å². The zero-order chi connectivity index (χ0) is 13.8. The van der Waals surface area contributed by atoms with Gasteiger partial charge >= 0.3 is 0 Å². The van der Waals surface area contributed by atoms with Gasteiger partial charge in [-0.1, -0.05) is 19.9 Å². The first kappa shape index (κ1) is 14.6. The normalized spacial score (nSPS) is 13.3. The van der Waals surface area contributed by atoms with Gasteiger partial charge in [-0.05, 0) is 24.1 Å². The molecule has 0 saturated heterocycles. The summed E-state index contributed by atoms with van der Waals surface area (Å²) in [7, 11) is -3.60. The van der Waals surface area contributed by atoms with Crippen LogP contribution in [0.25, 0.3) is 0 Å². The van der Waals surface area contributed by atoms with E-state index < -0.39 is 10.0 Å². The Kier molecular flexibility index (Phi) is 4.84. The molecule has 0 amide bonds. The van der Waals surface area contributed by atoms with Gasteiger partial charge in [-0.3, -0.25) is 0 Å². The number of sulfonamides is 1. The molecule has 0 fully saturated rings. The lowest BCUT2D eigenvalue weighted by Crippen LogP contribution is -2.40. The maximum Gasteiger partial charge on any atom is 0.240 e. The Morgan fingerprint density at radius 2 is 2.11 bits per heavy atom. The average molecular weight is 267 g/mol. The Hall–Kier alpha value is -1.42. The molecule has 0 radical (unpaired) electrons. The first-order chi connectivity index (χ1) is 8.36. The van der Waals surface area contributed by atoms with Crippen molar-refractivity contribution in [1.29, 1.82) is 5.26 Å². The van der Waals surface area contributed by atoms with Gasteiger partial charge in [0.1, 0.15) is 0 Å². The van der Waals surface area contributed by atoms with Crippen LogP contribution in [0.4, 0.5) is 0 Å². The number of nitrogens with zero attached hydrogens (tertiary/aromatic N) is 1. The molecule has 0 spiro atoms. The minimum absolute atomic E-state index is 0.0810. The fourth-order valence-electron chi connectivity index (χ4n) is 1.26. The zero-order valence-electron chi connectivity index (χ0n) is 10.4. The van der Waals surface area contributed by atoms with Crippen LogP contribution in [-0.4, -0.2) is 21.0 Å². The molecular formula is C12H17N3O2S. The highest BCUT2D eigenvalue weighted by atomic mass is 32.2. The van der Waals surface area contributed by atoms with Crippen LogP contribution in [0.3, 0.4) is 0 Å². The average Bonchev–Trinajstić information content (AvgIpc) is 2.36. The summed E-state index contributed by atoms with van der Waals surface area (Å²) in [4.78, 5) is 0.0810. The van der Waals surface area contributed by atoms with Crippen LogP contribution >= 0.6 is 0 Å². The summed E-state index contributed by atoms with van der Waals surface area (Å²) in [6, 6.07) is 7.55. The summed E-state index contributed by atoms with van der Waals surface area (Å²) in [6.07, 6.45) is 0. The molecule has 0 saturated carbocycles. The predicted octanol–water partition coefficient (Wildman–Crippen LogP) is 0.820. The topological polar surface area (TPSA) is 96.0 Å². The van der Waals surface area contributed by atoms with E-state index in [1.165, 1.54) is 18.2 Å². The Balaban J connectivity index is 2.84. The molecule has 0 aliphatic carbocycles. The largest absolute Gasteiger partial charge is 0.326 e. The summed E-state index contributed by atoms with van der Waals surface area (Å²) in [6.45, 7) is 4.03. The fraction of sp³-hybridized carbons (Fsp3) is 0.417. The molecule has 18 heavy (non-hydrogen) atoms. The third-order valence-corrected chi connectivity index (χ3v) is 4.06. The van der Waals surface area contributed by atoms with Gasteiger partial charge in [-0.15, -0.1) is 0 Å². The van der Waals surface area contributed by atoms with Crippen molar-refractivity contribution in [2.45, 2.75) is 24.8 Å². The van der Waals surface area contributed by atoms with Crippen molar-refractivity contribution in [1.82, 2.24) is 4.72 Å². The number of nitrogens with one attached hydrogen (secondary N) is 1. The third kappa shape index (κ3) is 3.81. The smallest absolute Gasteiger partial charge is 0.240 e. The standard InChI is InChI=1S/C12H17N3O2S/c1-9(2)12(14)8-15-18(16,17)11-5-3-4-10(6-11)7-13/h3-6,9,12,15H,8,14H2,1-2H3. The van der Waals surface area contributed by atoms with Gasteiger partial charge in [0.05, 0.1) is 16.5 Å². The maximum absolute atomic E-state index is 12.0. The molecular weight excluding hydrogens is 250 g/mol. The summed E-state index contributed by atoms with van der Waals surface area (Å²) >= 11 is 0. The van der Waals surface area contributed by atoms with Crippen LogP contribution in [0.1, 0.15) is 19.4 Å². The summed E-state index contributed by atoms with van der Waals surface area (Å²) in [5.41, 5.74) is 6.09. The lowest BCUT2D eigenvalue weighted by atomic mass is 10.1. The molecule has 0 heterocycles. The molecule has 0 bridgehead atoms. The Bertz CT molecular complexity index is 547. The van der Waals surface area contributed by atoms with E-state index >= 15 is 0 Å². The maximum atomic E-state index is 12.0. The molecule has 0 aliphatic rings. The molecule has 5 nitrogen and oxygen atoms in total.